The van der Waals surface area contributed by atoms with Gasteiger partial charge in [-0.15, -0.1) is 0 Å². The van der Waals surface area contributed by atoms with E-state index in [1.807, 2.05) is 20.8 Å². The van der Waals surface area contributed by atoms with Crippen LogP contribution in [0.5, 0.6) is 0 Å². The maximum atomic E-state index is 12.8. The van der Waals surface area contributed by atoms with Crippen molar-refractivity contribution in [2.24, 2.45) is 5.41 Å². The van der Waals surface area contributed by atoms with Gasteiger partial charge in [0.15, 0.2) is 6.10 Å². The van der Waals surface area contributed by atoms with Crippen molar-refractivity contribution in [1.82, 2.24) is 4.98 Å². The van der Waals surface area contributed by atoms with Gasteiger partial charge in [-0.05, 0) is 61.9 Å². The summed E-state index contributed by atoms with van der Waals surface area (Å²) in [4.78, 5) is 19.2. The predicted octanol–water partition coefficient (Wildman–Crippen LogP) is 5.13. The summed E-state index contributed by atoms with van der Waals surface area (Å²) in [6, 6.07) is 0. The summed E-state index contributed by atoms with van der Waals surface area (Å²) in [5.74, 6) is -0.205. The Bertz CT molecular complexity index is 724. The Morgan fingerprint density at radius 3 is 2.43 bits per heavy atom. The lowest BCUT2D eigenvalue weighted by Gasteiger charge is -2.40. The molecular weight excluding hydrogens is 446 g/mol. The fourth-order valence-corrected chi connectivity index (χ4v) is 4.06. The predicted molar refractivity (Wildman–Crippen MR) is 117 cm³/mol. The summed E-state index contributed by atoms with van der Waals surface area (Å²) in [6.07, 6.45) is 1.04. The number of nitrogens with zero attached hydrogens (tertiary/aromatic N) is 2. The molecular formula is C20H31BrClN3O3. The number of nitrogen functional groups attached to an aromatic ring is 1. The molecule has 158 valence electrons. The van der Waals surface area contributed by atoms with Crippen LogP contribution in [0.1, 0.15) is 66.1 Å². The first-order chi connectivity index (χ1) is 12.9. The molecule has 2 rings (SSSR count). The number of nitrogens with two attached hydrogens (primary N) is 1. The lowest BCUT2D eigenvalue weighted by molar-refractivity contribution is -0.166. The zero-order valence-corrected chi connectivity index (χ0v) is 19.9. The smallest absolute Gasteiger partial charge is 0.340 e. The van der Waals surface area contributed by atoms with Gasteiger partial charge in [0, 0.05) is 13.1 Å². The molecule has 0 radical (unpaired) electrons. The summed E-state index contributed by atoms with van der Waals surface area (Å²) < 4.78 is 12.0. The van der Waals surface area contributed by atoms with Gasteiger partial charge >= 0.3 is 5.97 Å². The van der Waals surface area contributed by atoms with Crippen molar-refractivity contribution in [2.75, 3.05) is 30.3 Å². The van der Waals surface area contributed by atoms with Crippen LogP contribution in [0.15, 0.2) is 4.47 Å². The molecule has 28 heavy (non-hydrogen) atoms. The van der Waals surface area contributed by atoms with Crippen LogP contribution in [0.25, 0.3) is 0 Å². The van der Waals surface area contributed by atoms with Gasteiger partial charge in [-0.2, -0.15) is 0 Å². The minimum atomic E-state index is -0.998. The Labute approximate surface area is 181 Å². The normalized spacial score (nSPS) is 18.1. The molecule has 1 aromatic rings. The number of anilines is 2. The van der Waals surface area contributed by atoms with Crippen molar-refractivity contribution in [2.45, 2.75) is 66.1 Å². The molecule has 2 N–H and O–H groups in total. The minimum absolute atomic E-state index is 0.155. The lowest BCUT2D eigenvalue weighted by atomic mass is 9.82. The van der Waals surface area contributed by atoms with E-state index >= 15 is 0 Å². The number of ether oxygens (including phenoxy) is 2. The Morgan fingerprint density at radius 2 is 1.93 bits per heavy atom. The van der Waals surface area contributed by atoms with E-state index in [0.717, 1.165) is 31.6 Å². The fraction of sp³-hybridized carbons (Fsp3) is 0.700. The second kappa shape index (κ2) is 8.76. The van der Waals surface area contributed by atoms with E-state index in [0.29, 0.717) is 10.0 Å². The van der Waals surface area contributed by atoms with Crippen LogP contribution in [0.3, 0.4) is 0 Å². The quantitative estimate of drug-likeness (QED) is 0.469. The third-order valence-corrected chi connectivity index (χ3v) is 5.87. The molecule has 1 aromatic heterocycles. The molecule has 1 aliphatic rings. The van der Waals surface area contributed by atoms with E-state index in [-0.39, 0.29) is 23.0 Å². The average Bonchev–Trinajstić information content (AvgIpc) is 2.56. The largest absolute Gasteiger partial charge is 0.464 e. The van der Waals surface area contributed by atoms with Gasteiger partial charge in [-0.1, -0.05) is 25.4 Å². The van der Waals surface area contributed by atoms with Crippen molar-refractivity contribution in [3.8, 4) is 0 Å². The van der Waals surface area contributed by atoms with Crippen LogP contribution in [-0.2, 0) is 14.3 Å². The number of carbonyl (C=O) groups excluding carboxylic acids is 1. The van der Waals surface area contributed by atoms with E-state index in [2.05, 4.69) is 39.7 Å². The van der Waals surface area contributed by atoms with Crippen LogP contribution in [0.4, 0.5) is 11.5 Å². The number of piperidine rings is 1. The molecule has 1 fully saturated rings. The third kappa shape index (κ3) is 5.51. The zero-order chi connectivity index (χ0) is 21.3. The SMILES string of the molecule is CCOC(=O)C(OC(C)(C)C)c1c(Cl)nc(N)c(Br)c1N1CCC(C)(C)CC1. The van der Waals surface area contributed by atoms with Crippen LogP contribution in [0.2, 0.25) is 5.15 Å². The van der Waals surface area contributed by atoms with Crippen LogP contribution >= 0.6 is 27.5 Å². The average molecular weight is 477 g/mol. The van der Waals surface area contributed by atoms with Crippen molar-refractivity contribution < 1.29 is 14.3 Å². The summed E-state index contributed by atoms with van der Waals surface area (Å²) in [6.45, 7) is 13.8. The highest BCUT2D eigenvalue weighted by Gasteiger charge is 2.37. The molecule has 1 aliphatic heterocycles. The summed E-state index contributed by atoms with van der Waals surface area (Å²) in [5, 5.41) is 0.155. The van der Waals surface area contributed by atoms with E-state index in [1.54, 1.807) is 6.92 Å². The molecule has 0 spiro atoms. The number of carbonyl (C=O) groups is 1. The number of hydrogen-bond donors (Lipinski definition) is 1. The standard InChI is InChI=1S/C20H31BrClN3O3/c1-7-27-18(26)15(28-19(2,3)4)12-14(13(21)17(23)24-16(12)22)25-10-8-20(5,6)9-11-25/h15H,7-11H2,1-6H3,(H2,23,24). The van der Waals surface area contributed by atoms with Crippen LogP contribution in [-0.4, -0.2) is 36.3 Å². The van der Waals surface area contributed by atoms with Crippen LogP contribution in [0, 0.1) is 5.41 Å². The Kier molecular flexibility index (Phi) is 7.27. The monoisotopic (exact) mass is 475 g/mol. The Morgan fingerprint density at radius 1 is 1.36 bits per heavy atom. The van der Waals surface area contributed by atoms with E-state index in [9.17, 15) is 4.79 Å². The number of halogens is 2. The summed E-state index contributed by atoms with van der Waals surface area (Å²) >= 11 is 10.1. The summed E-state index contributed by atoms with van der Waals surface area (Å²) in [5.41, 5.74) is 7.03. The van der Waals surface area contributed by atoms with Crippen molar-refractivity contribution in [1.29, 1.82) is 0 Å². The second-order valence-electron chi connectivity index (χ2n) is 8.88. The first kappa shape index (κ1) is 23.2. The third-order valence-electron chi connectivity index (χ3n) is 4.80. The van der Waals surface area contributed by atoms with Crippen molar-refractivity contribution in [3.05, 3.63) is 15.2 Å². The second-order valence-corrected chi connectivity index (χ2v) is 10.0. The maximum Gasteiger partial charge on any atom is 0.340 e. The highest BCUT2D eigenvalue weighted by atomic mass is 79.9. The van der Waals surface area contributed by atoms with Gasteiger partial charge in [-0.3, -0.25) is 0 Å². The Balaban J connectivity index is 2.60. The number of aromatic nitrogens is 1. The summed E-state index contributed by atoms with van der Waals surface area (Å²) in [7, 11) is 0. The molecule has 0 bridgehead atoms. The van der Waals surface area contributed by atoms with Crippen LogP contribution < -0.4 is 10.6 Å². The van der Waals surface area contributed by atoms with Gasteiger partial charge < -0.3 is 20.1 Å². The molecule has 0 aliphatic carbocycles. The number of hydrogen-bond acceptors (Lipinski definition) is 6. The molecule has 1 saturated heterocycles. The first-order valence-corrected chi connectivity index (χ1v) is 10.8. The molecule has 2 heterocycles. The molecule has 0 aromatic carbocycles. The highest BCUT2D eigenvalue weighted by molar-refractivity contribution is 9.10. The van der Waals surface area contributed by atoms with Gasteiger partial charge in [-0.25, -0.2) is 9.78 Å². The molecule has 8 heteroatoms. The van der Waals surface area contributed by atoms with E-state index in [4.69, 9.17) is 26.8 Å². The molecule has 0 amide bonds. The highest BCUT2D eigenvalue weighted by Crippen LogP contribution is 2.45. The topological polar surface area (TPSA) is 77.7 Å². The molecule has 1 unspecified atom stereocenters. The molecule has 0 saturated carbocycles. The Hall–Kier alpha value is -1.05. The molecule has 1 atom stereocenters. The number of esters is 1. The molecule has 6 nitrogen and oxygen atoms in total. The lowest BCUT2D eigenvalue weighted by Crippen LogP contribution is -2.39. The minimum Gasteiger partial charge on any atom is -0.464 e. The van der Waals surface area contributed by atoms with Gasteiger partial charge in [0.25, 0.3) is 0 Å². The van der Waals surface area contributed by atoms with E-state index < -0.39 is 17.7 Å². The van der Waals surface area contributed by atoms with E-state index in [1.165, 1.54) is 0 Å². The maximum absolute atomic E-state index is 12.8. The van der Waals surface area contributed by atoms with Gasteiger partial charge in [0.2, 0.25) is 0 Å². The van der Waals surface area contributed by atoms with Gasteiger partial charge in [0.05, 0.1) is 27.9 Å². The van der Waals surface area contributed by atoms with Crippen molar-refractivity contribution >= 4 is 45.0 Å². The number of pyridine rings is 1. The fourth-order valence-electron chi connectivity index (χ4n) is 3.23. The zero-order valence-electron chi connectivity index (χ0n) is 17.6. The van der Waals surface area contributed by atoms with Gasteiger partial charge in [0.1, 0.15) is 11.0 Å². The van der Waals surface area contributed by atoms with Crippen molar-refractivity contribution in [3.63, 3.8) is 0 Å². The number of rotatable bonds is 5. The first-order valence-electron chi connectivity index (χ1n) is 9.60.